The lowest BCUT2D eigenvalue weighted by Crippen LogP contribution is -2.56. The molecule has 0 radical (unpaired) electrons. The van der Waals surface area contributed by atoms with Crippen molar-refractivity contribution in [3.05, 3.63) is 76.8 Å². The van der Waals surface area contributed by atoms with Crippen molar-refractivity contribution in [1.29, 1.82) is 0 Å². The number of amides is 2. The van der Waals surface area contributed by atoms with E-state index in [0.717, 1.165) is 49.4 Å². The summed E-state index contributed by atoms with van der Waals surface area (Å²) < 4.78 is 6.33. The van der Waals surface area contributed by atoms with Crippen molar-refractivity contribution in [1.82, 2.24) is 24.7 Å². The summed E-state index contributed by atoms with van der Waals surface area (Å²) in [5, 5.41) is 2.48. The molecule has 47 heavy (non-hydrogen) atoms. The first-order valence-electron chi connectivity index (χ1n) is 16.5. The van der Waals surface area contributed by atoms with E-state index in [9.17, 15) is 9.59 Å². The van der Waals surface area contributed by atoms with Crippen LogP contribution in [0.15, 0.2) is 48.6 Å². The average Bonchev–Trinajstić information content (AvgIpc) is 3.49. The van der Waals surface area contributed by atoms with Crippen LogP contribution in [-0.4, -0.2) is 116 Å². The Labute approximate surface area is 277 Å². The number of likely N-dealkylation sites (tertiary alicyclic amines) is 1. The fourth-order valence-corrected chi connectivity index (χ4v) is 7.04. The zero-order valence-corrected chi connectivity index (χ0v) is 27.9. The van der Waals surface area contributed by atoms with Crippen LogP contribution in [0.3, 0.4) is 0 Å². The summed E-state index contributed by atoms with van der Waals surface area (Å²) in [6.07, 6.45) is 5.62. The molecule has 3 aliphatic heterocycles. The van der Waals surface area contributed by atoms with Crippen LogP contribution >= 0.6 is 0 Å². The van der Waals surface area contributed by atoms with Gasteiger partial charge in [0.05, 0.1) is 12.2 Å². The molecule has 2 fully saturated rings. The van der Waals surface area contributed by atoms with Gasteiger partial charge in [0.25, 0.3) is 0 Å². The Morgan fingerprint density at radius 3 is 2.60 bits per heavy atom. The topological polar surface area (TPSA) is 89.7 Å². The molecule has 3 aromatic rings. The van der Waals surface area contributed by atoms with Crippen molar-refractivity contribution in [3.8, 4) is 6.01 Å². The first kappa shape index (κ1) is 32.3. The van der Waals surface area contributed by atoms with Crippen molar-refractivity contribution in [2.45, 2.75) is 44.8 Å². The summed E-state index contributed by atoms with van der Waals surface area (Å²) in [7, 11) is 5.42. The van der Waals surface area contributed by atoms with Crippen molar-refractivity contribution in [3.63, 3.8) is 0 Å². The molecule has 11 heteroatoms. The molecule has 2 aromatic carbocycles. The normalized spacial score (nSPS) is 20.0. The highest BCUT2D eigenvalue weighted by Crippen LogP contribution is 2.36. The van der Waals surface area contributed by atoms with Gasteiger partial charge in [-0.15, -0.1) is 0 Å². The molecule has 4 heterocycles. The van der Waals surface area contributed by atoms with E-state index in [-0.39, 0.29) is 24.4 Å². The van der Waals surface area contributed by atoms with Crippen LogP contribution in [0.1, 0.15) is 29.7 Å². The molecule has 0 saturated carbocycles. The first-order valence-corrected chi connectivity index (χ1v) is 16.5. The number of carbonyl (C=O) groups excluding carboxylic acids is 2. The summed E-state index contributed by atoms with van der Waals surface area (Å²) in [4.78, 5) is 49.0. The third-order valence-corrected chi connectivity index (χ3v) is 9.71. The average molecular weight is 637 g/mol. The minimum atomic E-state index is -0.339. The zero-order valence-electron chi connectivity index (χ0n) is 27.9. The van der Waals surface area contributed by atoms with E-state index < -0.39 is 0 Å². The van der Waals surface area contributed by atoms with E-state index >= 15 is 0 Å². The van der Waals surface area contributed by atoms with Crippen molar-refractivity contribution >= 4 is 34.1 Å². The number of anilines is 2. The SMILES string of the molecule is [C-]#[N+]C[C@H]1CN(c2nc(OC[C@@H]3CCCN3C)nc3c2CCN(c2cccc4cccc(C)c24)C3)CCN1C(=O)/C=C/C(=O)N(C)C. The van der Waals surface area contributed by atoms with Crippen molar-refractivity contribution in [2.75, 3.05) is 76.8 Å². The van der Waals surface area contributed by atoms with Gasteiger partial charge in [-0.05, 0) is 56.8 Å². The van der Waals surface area contributed by atoms with E-state index in [1.165, 1.54) is 39.1 Å². The van der Waals surface area contributed by atoms with Gasteiger partial charge in [0.15, 0.2) is 0 Å². The molecule has 1 aromatic heterocycles. The molecule has 2 atom stereocenters. The Kier molecular flexibility index (Phi) is 9.59. The highest BCUT2D eigenvalue weighted by Gasteiger charge is 2.35. The number of aryl methyl sites for hydroxylation is 1. The molecule has 0 spiro atoms. The summed E-state index contributed by atoms with van der Waals surface area (Å²) in [5.74, 6) is 0.318. The van der Waals surface area contributed by atoms with Gasteiger partial charge >= 0.3 is 6.01 Å². The van der Waals surface area contributed by atoms with E-state index in [4.69, 9.17) is 21.3 Å². The standard InChI is InChI=1S/C36H44N8O3/c1-25-9-6-10-26-11-7-13-31(34(25)26)42-18-16-29-30(23-42)38-36(47-24-27-12-8-17-41(27)5)39-35(29)43-19-20-44(28(22-43)21-37-2)33(46)15-14-32(45)40(3)4/h6-7,9-11,13-15,27-28H,8,12,16-24H2,1,3-5H3/b15-14+/t27-,28-/m0/s1. The maximum atomic E-state index is 13.2. The highest BCUT2D eigenvalue weighted by atomic mass is 16.5. The second kappa shape index (κ2) is 14.0. The number of piperazine rings is 1. The number of rotatable bonds is 8. The summed E-state index contributed by atoms with van der Waals surface area (Å²) in [6, 6.07) is 13.3. The third-order valence-electron chi connectivity index (χ3n) is 9.71. The second-order valence-electron chi connectivity index (χ2n) is 13.0. The first-order chi connectivity index (χ1) is 22.7. The minimum Gasteiger partial charge on any atom is -0.462 e. The van der Waals surface area contributed by atoms with Crippen LogP contribution in [0.4, 0.5) is 11.5 Å². The lowest BCUT2D eigenvalue weighted by atomic mass is 9.99. The molecule has 246 valence electrons. The Morgan fingerprint density at radius 1 is 1.04 bits per heavy atom. The predicted molar refractivity (Wildman–Crippen MR) is 184 cm³/mol. The number of fused-ring (bicyclic) bond motifs is 2. The number of carbonyl (C=O) groups is 2. The zero-order chi connectivity index (χ0) is 33.1. The number of nitrogens with zero attached hydrogens (tertiary/aromatic N) is 8. The molecule has 3 aliphatic rings. The van der Waals surface area contributed by atoms with Gasteiger partial charge in [0.2, 0.25) is 18.4 Å². The smallest absolute Gasteiger partial charge is 0.318 e. The largest absolute Gasteiger partial charge is 0.462 e. The van der Waals surface area contributed by atoms with Crippen molar-refractivity contribution in [2.24, 2.45) is 0 Å². The number of likely N-dealkylation sites (N-methyl/N-ethyl adjacent to an activating group) is 2. The van der Waals surface area contributed by atoms with Gasteiger partial charge in [-0.25, -0.2) is 6.57 Å². The summed E-state index contributed by atoms with van der Waals surface area (Å²) in [6.45, 7) is 14.4. The molecule has 11 nitrogen and oxygen atoms in total. The fourth-order valence-electron chi connectivity index (χ4n) is 7.04. The summed E-state index contributed by atoms with van der Waals surface area (Å²) >= 11 is 0. The molecule has 2 saturated heterocycles. The van der Waals surface area contributed by atoms with Crippen LogP contribution < -0.4 is 14.5 Å². The number of hydrogen-bond donors (Lipinski definition) is 0. The quantitative estimate of drug-likeness (QED) is 0.274. The minimum absolute atomic E-state index is 0.163. The summed E-state index contributed by atoms with van der Waals surface area (Å²) in [5.41, 5.74) is 4.50. The monoisotopic (exact) mass is 636 g/mol. The van der Waals surface area contributed by atoms with Gasteiger partial charge in [-0.3, -0.25) is 9.59 Å². The van der Waals surface area contributed by atoms with Gasteiger partial charge in [-0.1, -0.05) is 30.3 Å². The molecule has 0 aliphatic carbocycles. The maximum Gasteiger partial charge on any atom is 0.318 e. The van der Waals surface area contributed by atoms with E-state index in [1.807, 2.05) is 0 Å². The molecule has 0 unspecified atom stereocenters. The molecule has 6 rings (SSSR count). The van der Waals surface area contributed by atoms with Crippen molar-refractivity contribution < 1.29 is 14.3 Å². The molecule has 0 bridgehead atoms. The second-order valence-corrected chi connectivity index (χ2v) is 13.0. The maximum absolute atomic E-state index is 13.2. The van der Waals surface area contributed by atoms with Crippen LogP contribution in [0, 0.1) is 13.5 Å². The Morgan fingerprint density at radius 2 is 1.85 bits per heavy atom. The lowest BCUT2D eigenvalue weighted by Gasteiger charge is -2.41. The number of benzene rings is 2. The molecule has 2 amide bonds. The van der Waals surface area contributed by atoms with E-state index in [0.29, 0.717) is 44.8 Å². The molecule has 0 N–H and O–H groups in total. The third kappa shape index (κ3) is 6.88. The van der Waals surface area contributed by atoms with Crippen LogP contribution in [0.5, 0.6) is 6.01 Å². The van der Waals surface area contributed by atoms with Gasteiger partial charge in [-0.2, -0.15) is 9.97 Å². The van der Waals surface area contributed by atoms with Gasteiger partial charge in [0, 0.05) is 75.1 Å². The van der Waals surface area contributed by atoms with Crippen LogP contribution in [0.2, 0.25) is 0 Å². The molecular formula is C36H44N8O3. The van der Waals surface area contributed by atoms with Gasteiger partial charge < -0.3 is 34.1 Å². The number of ether oxygens (including phenoxy) is 1. The molecular weight excluding hydrogens is 592 g/mol. The van der Waals surface area contributed by atoms with Crippen LogP contribution in [0.25, 0.3) is 15.6 Å². The highest BCUT2D eigenvalue weighted by molar-refractivity contribution is 5.97. The van der Waals surface area contributed by atoms with Gasteiger partial charge in [0.1, 0.15) is 18.5 Å². The van der Waals surface area contributed by atoms with Crippen LogP contribution in [-0.2, 0) is 22.6 Å². The predicted octanol–water partition coefficient (Wildman–Crippen LogP) is 3.55. The number of hydrogen-bond acceptors (Lipinski definition) is 8. The Bertz CT molecular complexity index is 1710. The lowest BCUT2D eigenvalue weighted by molar-refractivity contribution is -0.129. The fraction of sp³-hybridized carbons (Fsp3) is 0.472. The van der Waals surface area contributed by atoms with E-state index in [1.54, 1.807) is 19.0 Å². The Balaban J connectivity index is 1.30. The van der Waals surface area contributed by atoms with E-state index in [2.05, 4.69) is 69.9 Å². The number of aromatic nitrogens is 2. The Hall–Kier alpha value is -4.69.